The molecule has 19 heavy (non-hydrogen) atoms. The number of aliphatic hydroxyl groups is 1. The monoisotopic (exact) mass is 262 g/mol. The van der Waals surface area contributed by atoms with Gasteiger partial charge in [-0.25, -0.2) is 0 Å². The first-order valence-corrected chi connectivity index (χ1v) is 7.64. The maximum Gasteiger partial charge on any atom is 0.0896 e. The Balaban J connectivity index is 1.91. The summed E-state index contributed by atoms with van der Waals surface area (Å²) < 4.78 is 5.65. The summed E-state index contributed by atoms with van der Waals surface area (Å²) in [6, 6.07) is 10.1. The largest absolute Gasteiger partial charge is 0.385 e. The first-order valence-electron chi connectivity index (χ1n) is 7.64. The van der Waals surface area contributed by atoms with Crippen LogP contribution in [0.4, 0.5) is 0 Å². The first-order chi connectivity index (χ1) is 9.24. The molecular formula is C17H26O2. The normalized spacial score (nSPS) is 22.3. The van der Waals surface area contributed by atoms with E-state index in [0.29, 0.717) is 6.10 Å². The summed E-state index contributed by atoms with van der Waals surface area (Å²) >= 11 is 0. The van der Waals surface area contributed by atoms with Crippen molar-refractivity contribution < 1.29 is 9.84 Å². The first kappa shape index (κ1) is 14.5. The number of benzene rings is 1. The topological polar surface area (TPSA) is 29.5 Å². The van der Waals surface area contributed by atoms with Crippen LogP contribution in [0.2, 0.25) is 0 Å². The van der Waals surface area contributed by atoms with Gasteiger partial charge in [0.25, 0.3) is 0 Å². The smallest absolute Gasteiger partial charge is 0.0896 e. The molecule has 1 fully saturated rings. The van der Waals surface area contributed by atoms with E-state index in [-0.39, 0.29) is 0 Å². The average Bonchev–Trinajstić information content (AvgIpc) is 2.93. The van der Waals surface area contributed by atoms with Crippen molar-refractivity contribution in [2.75, 3.05) is 6.61 Å². The van der Waals surface area contributed by atoms with Gasteiger partial charge >= 0.3 is 0 Å². The lowest BCUT2D eigenvalue weighted by Crippen LogP contribution is -2.26. The summed E-state index contributed by atoms with van der Waals surface area (Å²) in [7, 11) is 0. The molecule has 2 heteroatoms. The summed E-state index contributed by atoms with van der Waals surface area (Å²) in [5.74, 6) is 0. The van der Waals surface area contributed by atoms with Gasteiger partial charge in [-0.05, 0) is 44.1 Å². The molecule has 1 aliphatic rings. The van der Waals surface area contributed by atoms with E-state index in [4.69, 9.17) is 4.74 Å². The zero-order valence-electron chi connectivity index (χ0n) is 12.0. The Bertz CT molecular complexity index is 357. The predicted molar refractivity (Wildman–Crippen MR) is 78.1 cm³/mol. The van der Waals surface area contributed by atoms with Crippen LogP contribution in [0.25, 0.3) is 0 Å². The van der Waals surface area contributed by atoms with Crippen LogP contribution in [-0.2, 0) is 10.3 Å². The third kappa shape index (κ3) is 4.05. The minimum Gasteiger partial charge on any atom is -0.385 e. The number of hydrogen-bond acceptors (Lipinski definition) is 2. The number of rotatable bonds is 7. The Hall–Kier alpha value is -0.860. The maximum atomic E-state index is 10.9. The highest BCUT2D eigenvalue weighted by Gasteiger charge is 2.28. The minimum absolute atomic E-state index is 0.432. The summed E-state index contributed by atoms with van der Waals surface area (Å²) in [5.41, 5.74) is 0.401. The molecule has 0 bridgehead atoms. The fourth-order valence-corrected chi connectivity index (χ4v) is 3.07. The number of ether oxygens (including phenoxy) is 1. The zero-order valence-corrected chi connectivity index (χ0v) is 12.0. The molecular weight excluding hydrogens is 236 g/mol. The molecule has 1 aromatic carbocycles. The average molecular weight is 262 g/mol. The van der Waals surface area contributed by atoms with Gasteiger partial charge in [0.1, 0.15) is 0 Å². The predicted octanol–water partition coefficient (Wildman–Crippen LogP) is 4.02. The highest BCUT2D eigenvalue weighted by atomic mass is 16.5. The summed E-state index contributed by atoms with van der Waals surface area (Å²) in [6.45, 7) is 3.05. The van der Waals surface area contributed by atoms with Crippen LogP contribution < -0.4 is 0 Å². The van der Waals surface area contributed by atoms with Crippen LogP contribution in [0.3, 0.4) is 0 Å². The molecule has 1 N–H and O–H groups in total. The summed E-state index contributed by atoms with van der Waals surface area (Å²) in [5, 5.41) is 10.9. The van der Waals surface area contributed by atoms with Crippen molar-refractivity contribution in [3.63, 3.8) is 0 Å². The van der Waals surface area contributed by atoms with E-state index in [0.717, 1.165) is 44.3 Å². The third-order valence-electron chi connectivity index (χ3n) is 4.12. The van der Waals surface area contributed by atoms with E-state index in [1.54, 1.807) is 0 Å². The molecule has 1 heterocycles. The lowest BCUT2D eigenvalue weighted by molar-refractivity contribution is 0.0103. The quantitative estimate of drug-likeness (QED) is 0.804. The van der Waals surface area contributed by atoms with Crippen molar-refractivity contribution in [1.82, 2.24) is 0 Å². The lowest BCUT2D eigenvalue weighted by Gasteiger charge is -2.29. The molecule has 2 atom stereocenters. The minimum atomic E-state index is -0.658. The van der Waals surface area contributed by atoms with Gasteiger partial charge in [-0.1, -0.05) is 43.7 Å². The Morgan fingerprint density at radius 1 is 1.26 bits per heavy atom. The van der Waals surface area contributed by atoms with Crippen LogP contribution in [-0.4, -0.2) is 17.8 Å². The van der Waals surface area contributed by atoms with E-state index in [2.05, 4.69) is 6.92 Å². The Labute approximate surface area is 116 Å². The van der Waals surface area contributed by atoms with Gasteiger partial charge in [0.15, 0.2) is 0 Å². The van der Waals surface area contributed by atoms with Crippen molar-refractivity contribution >= 4 is 0 Å². The van der Waals surface area contributed by atoms with E-state index >= 15 is 0 Å². The van der Waals surface area contributed by atoms with Crippen LogP contribution in [0.15, 0.2) is 30.3 Å². The molecule has 2 nitrogen and oxygen atoms in total. The van der Waals surface area contributed by atoms with E-state index in [1.807, 2.05) is 30.3 Å². The van der Waals surface area contributed by atoms with Gasteiger partial charge in [-0.2, -0.15) is 0 Å². The van der Waals surface area contributed by atoms with E-state index in [9.17, 15) is 5.11 Å². The van der Waals surface area contributed by atoms with Crippen LogP contribution in [0, 0.1) is 0 Å². The lowest BCUT2D eigenvalue weighted by atomic mass is 9.84. The van der Waals surface area contributed by atoms with Gasteiger partial charge in [-0.15, -0.1) is 0 Å². The second-order valence-corrected chi connectivity index (χ2v) is 5.67. The van der Waals surface area contributed by atoms with Crippen LogP contribution in [0.1, 0.15) is 57.4 Å². The summed E-state index contributed by atoms with van der Waals surface area (Å²) in [4.78, 5) is 0. The van der Waals surface area contributed by atoms with Crippen molar-refractivity contribution in [3.8, 4) is 0 Å². The van der Waals surface area contributed by atoms with Gasteiger partial charge in [-0.3, -0.25) is 0 Å². The number of hydrogen-bond donors (Lipinski definition) is 1. The fraction of sp³-hybridized carbons (Fsp3) is 0.647. The standard InChI is InChI=1S/C17H26O2/c1-2-12-17(18,15-8-4-3-5-9-15)13-6-10-16-11-7-14-19-16/h3-5,8-9,16,18H,2,6-7,10-14H2,1H3. The molecule has 106 valence electrons. The molecule has 0 amide bonds. The second kappa shape index (κ2) is 7.06. The maximum absolute atomic E-state index is 10.9. The molecule has 2 unspecified atom stereocenters. The highest BCUT2D eigenvalue weighted by Crippen LogP contribution is 2.32. The fourth-order valence-electron chi connectivity index (χ4n) is 3.07. The SMILES string of the molecule is CCCC(O)(CCCC1CCCO1)c1ccccc1. The van der Waals surface area contributed by atoms with Crippen molar-refractivity contribution in [2.45, 2.75) is 63.6 Å². The second-order valence-electron chi connectivity index (χ2n) is 5.67. The van der Waals surface area contributed by atoms with Crippen molar-refractivity contribution in [1.29, 1.82) is 0 Å². The molecule has 0 aromatic heterocycles. The van der Waals surface area contributed by atoms with E-state index < -0.39 is 5.60 Å². The van der Waals surface area contributed by atoms with Crippen molar-refractivity contribution in [3.05, 3.63) is 35.9 Å². The molecule has 0 aliphatic carbocycles. The van der Waals surface area contributed by atoms with Crippen LogP contribution in [0.5, 0.6) is 0 Å². The molecule has 1 aliphatic heterocycles. The summed E-state index contributed by atoms with van der Waals surface area (Å²) in [6.07, 6.45) is 7.62. The van der Waals surface area contributed by atoms with Gasteiger partial charge in [0.2, 0.25) is 0 Å². The van der Waals surface area contributed by atoms with Gasteiger partial charge in [0, 0.05) is 6.61 Å². The Kier molecular flexibility index (Phi) is 5.41. The molecule has 0 spiro atoms. The van der Waals surface area contributed by atoms with Crippen molar-refractivity contribution in [2.24, 2.45) is 0 Å². The Morgan fingerprint density at radius 2 is 2.05 bits per heavy atom. The van der Waals surface area contributed by atoms with Gasteiger partial charge < -0.3 is 9.84 Å². The molecule has 1 saturated heterocycles. The third-order valence-corrected chi connectivity index (χ3v) is 4.12. The van der Waals surface area contributed by atoms with Crippen LogP contribution >= 0.6 is 0 Å². The molecule has 0 radical (unpaired) electrons. The highest BCUT2D eigenvalue weighted by molar-refractivity contribution is 5.22. The molecule has 0 saturated carbocycles. The van der Waals surface area contributed by atoms with E-state index in [1.165, 1.54) is 12.8 Å². The zero-order chi connectivity index (χ0) is 13.6. The Morgan fingerprint density at radius 3 is 2.68 bits per heavy atom. The molecule has 2 rings (SSSR count). The van der Waals surface area contributed by atoms with Gasteiger partial charge in [0.05, 0.1) is 11.7 Å². The molecule has 1 aromatic rings.